The number of carbonyl (C=O) groups is 1. The molecule has 0 fully saturated rings. The molecule has 1 amide bonds. The van der Waals surface area contributed by atoms with E-state index in [-0.39, 0.29) is 5.56 Å². The first-order chi connectivity index (χ1) is 16.6. The lowest BCUT2D eigenvalue weighted by Crippen LogP contribution is -2.12. The van der Waals surface area contributed by atoms with Gasteiger partial charge in [-0.15, -0.1) is 0 Å². The summed E-state index contributed by atoms with van der Waals surface area (Å²) in [6, 6.07) is 13.8. The second-order valence-corrected chi connectivity index (χ2v) is 8.38. The molecule has 0 atom stereocenters. The highest BCUT2D eigenvalue weighted by atomic mass is 32.1. The highest BCUT2D eigenvalue weighted by Gasteiger charge is 2.15. The number of nitrogens with one attached hydrogen (secondary N) is 2. The third-order valence-corrected chi connectivity index (χ3v) is 6.09. The molecule has 166 valence electrons. The summed E-state index contributed by atoms with van der Waals surface area (Å²) in [4.78, 5) is 36.0. The fourth-order valence-corrected chi connectivity index (χ4v) is 4.50. The van der Waals surface area contributed by atoms with Crippen LogP contribution < -0.4 is 16.6 Å². The lowest BCUT2D eigenvalue weighted by atomic mass is 10.00. The number of benzene rings is 1. The molecule has 7 nitrogen and oxygen atoms in total. The van der Waals surface area contributed by atoms with E-state index in [0.717, 1.165) is 27.6 Å². The number of H-pyrrole nitrogens is 1. The van der Waals surface area contributed by atoms with Crippen LogP contribution in [0.25, 0.3) is 32.8 Å². The van der Waals surface area contributed by atoms with Crippen molar-refractivity contribution in [1.29, 1.82) is 0 Å². The number of aromatic nitrogens is 3. The van der Waals surface area contributed by atoms with Gasteiger partial charge in [0.15, 0.2) is 0 Å². The van der Waals surface area contributed by atoms with Gasteiger partial charge in [0.05, 0.1) is 16.5 Å². The number of primary amides is 1. The summed E-state index contributed by atoms with van der Waals surface area (Å²) in [5, 5.41) is 9.45. The molecular weight excluding hydrogens is 446 g/mol. The van der Waals surface area contributed by atoms with E-state index in [4.69, 9.17) is 10.7 Å². The summed E-state index contributed by atoms with van der Waals surface area (Å²) >= 11 is 1.61. The highest BCUT2D eigenvalue weighted by molar-refractivity contribution is 7.08. The fourth-order valence-electron chi connectivity index (χ4n) is 3.84. The van der Waals surface area contributed by atoms with Gasteiger partial charge in [-0.3, -0.25) is 14.6 Å². The molecule has 1 aromatic carbocycles. The maximum absolute atomic E-state index is 12.9. The van der Waals surface area contributed by atoms with Crippen LogP contribution in [-0.4, -0.2) is 27.4 Å². The van der Waals surface area contributed by atoms with Gasteiger partial charge in [-0.25, -0.2) is 4.98 Å². The molecule has 5 aromatic rings. The monoisotopic (exact) mass is 465 g/mol. The van der Waals surface area contributed by atoms with Crippen LogP contribution in [0.4, 0.5) is 5.82 Å². The predicted octanol–water partition coefficient (Wildman–Crippen LogP) is 3.69. The molecule has 0 aliphatic rings. The number of thiophene rings is 1. The molecule has 8 heteroatoms. The van der Waals surface area contributed by atoms with Crippen LogP contribution in [-0.2, 0) is 11.2 Å². The smallest absolute Gasteiger partial charge is 0.293 e. The minimum absolute atomic E-state index is 0.278. The number of carbonyl (C=O) groups excluding carboxylic acids is 1. The topological polar surface area (TPSA) is 114 Å². The van der Waals surface area contributed by atoms with Gasteiger partial charge < -0.3 is 16.0 Å². The van der Waals surface area contributed by atoms with E-state index in [1.54, 1.807) is 17.5 Å². The lowest BCUT2D eigenvalue weighted by Gasteiger charge is -2.13. The van der Waals surface area contributed by atoms with E-state index >= 15 is 0 Å². The Morgan fingerprint density at radius 2 is 2.06 bits per heavy atom. The minimum atomic E-state index is -0.756. The Hall–Kier alpha value is -4.48. The number of hydrogen-bond donors (Lipinski definition) is 3. The van der Waals surface area contributed by atoms with E-state index in [1.807, 2.05) is 47.8 Å². The van der Waals surface area contributed by atoms with E-state index in [1.165, 1.54) is 6.20 Å². The Kier molecular flexibility index (Phi) is 5.77. The second kappa shape index (κ2) is 9.17. The fraction of sp³-hybridized carbons (Fsp3) is 0.0769. The quantitative estimate of drug-likeness (QED) is 0.271. The number of rotatable bonds is 5. The van der Waals surface area contributed by atoms with Crippen LogP contribution in [0, 0.1) is 11.8 Å². The molecule has 34 heavy (non-hydrogen) atoms. The average Bonchev–Trinajstić information content (AvgIpc) is 3.39. The number of anilines is 1. The number of nitrogens with two attached hydrogens (primary N) is 1. The summed E-state index contributed by atoms with van der Waals surface area (Å²) < 4.78 is 0. The van der Waals surface area contributed by atoms with Gasteiger partial charge in [0.2, 0.25) is 0 Å². The third-order valence-electron chi connectivity index (χ3n) is 5.41. The zero-order valence-corrected chi connectivity index (χ0v) is 18.8. The molecule has 4 N–H and O–H groups in total. The van der Waals surface area contributed by atoms with Crippen LogP contribution in [0.2, 0.25) is 0 Å². The molecule has 0 aliphatic carbocycles. The molecule has 0 saturated heterocycles. The van der Waals surface area contributed by atoms with Crippen molar-refractivity contribution in [2.75, 3.05) is 11.9 Å². The van der Waals surface area contributed by atoms with Gasteiger partial charge in [-0.2, -0.15) is 11.3 Å². The molecule has 0 bridgehead atoms. The van der Waals surface area contributed by atoms with Gasteiger partial charge in [0, 0.05) is 47.7 Å². The van der Waals surface area contributed by atoms with Crippen molar-refractivity contribution in [3.8, 4) is 23.0 Å². The zero-order chi connectivity index (χ0) is 23.5. The standard InChI is InChI=1S/C26H19N5O2S/c27-22(32)7-5-17-14-30-26(33)23-21-13-16(18-9-12-34-15-18)4-6-20(21)25(31-24(17)23)29-11-8-19-3-1-2-10-28-19/h1-4,6,9-10,12-15H,8,11H2,(H2,27,32)(H,29,31)(H,30,33). The molecule has 0 aliphatic heterocycles. The van der Waals surface area contributed by atoms with Crippen molar-refractivity contribution in [2.45, 2.75) is 6.42 Å². The first kappa shape index (κ1) is 21.4. The van der Waals surface area contributed by atoms with Crippen molar-refractivity contribution >= 4 is 44.7 Å². The summed E-state index contributed by atoms with van der Waals surface area (Å²) in [6.45, 7) is 0.600. The highest BCUT2D eigenvalue weighted by Crippen LogP contribution is 2.33. The number of fused-ring (bicyclic) bond motifs is 3. The predicted molar refractivity (Wildman–Crippen MR) is 136 cm³/mol. The molecule has 4 aromatic heterocycles. The Labute approximate surface area is 198 Å². The maximum Gasteiger partial charge on any atom is 0.293 e. The largest absolute Gasteiger partial charge is 0.369 e. The van der Waals surface area contributed by atoms with Crippen LogP contribution >= 0.6 is 11.3 Å². The Balaban J connectivity index is 1.69. The minimum Gasteiger partial charge on any atom is -0.369 e. The van der Waals surface area contributed by atoms with E-state index in [0.29, 0.717) is 35.2 Å². The zero-order valence-electron chi connectivity index (χ0n) is 18.0. The van der Waals surface area contributed by atoms with E-state index in [9.17, 15) is 9.59 Å². The number of nitrogens with zero attached hydrogens (tertiary/aromatic N) is 2. The first-order valence-corrected chi connectivity index (χ1v) is 11.5. The van der Waals surface area contributed by atoms with Crippen molar-refractivity contribution in [2.24, 2.45) is 5.73 Å². The Morgan fingerprint density at radius 3 is 2.82 bits per heavy atom. The molecule has 0 unspecified atom stereocenters. The normalized spacial score (nSPS) is 10.7. The summed E-state index contributed by atoms with van der Waals surface area (Å²) in [7, 11) is 0. The van der Waals surface area contributed by atoms with Gasteiger partial charge in [0.25, 0.3) is 11.5 Å². The molecule has 0 radical (unpaired) electrons. The average molecular weight is 466 g/mol. The molecule has 0 spiro atoms. The Morgan fingerprint density at radius 1 is 1.15 bits per heavy atom. The summed E-state index contributed by atoms with van der Waals surface area (Å²) in [5.74, 6) is 4.95. The Bertz CT molecular complexity index is 1630. The number of aromatic amines is 1. The van der Waals surface area contributed by atoms with Crippen molar-refractivity contribution in [3.05, 3.63) is 87.2 Å². The van der Waals surface area contributed by atoms with Crippen molar-refractivity contribution in [3.63, 3.8) is 0 Å². The molecule has 4 heterocycles. The van der Waals surface area contributed by atoms with Crippen molar-refractivity contribution < 1.29 is 4.79 Å². The molecule has 0 saturated carbocycles. The lowest BCUT2D eigenvalue weighted by molar-refractivity contribution is -0.112. The summed E-state index contributed by atoms with van der Waals surface area (Å²) in [6.07, 6.45) is 3.93. The number of hydrogen-bond acceptors (Lipinski definition) is 6. The van der Waals surface area contributed by atoms with Gasteiger partial charge >= 0.3 is 0 Å². The second-order valence-electron chi connectivity index (χ2n) is 7.60. The van der Waals surface area contributed by atoms with Crippen molar-refractivity contribution in [1.82, 2.24) is 15.0 Å². The van der Waals surface area contributed by atoms with Crippen LogP contribution in [0.5, 0.6) is 0 Å². The summed E-state index contributed by atoms with van der Waals surface area (Å²) in [5.41, 5.74) is 8.79. The van der Waals surface area contributed by atoms with Gasteiger partial charge in [-0.05, 0) is 46.2 Å². The first-order valence-electron chi connectivity index (χ1n) is 10.6. The third kappa shape index (κ3) is 4.25. The van der Waals surface area contributed by atoms with Gasteiger partial charge in [0.1, 0.15) is 5.82 Å². The number of amides is 1. The molecule has 5 rings (SSSR count). The number of pyridine rings is 3. The maximum atomic E-state index is 12.9. The van der Waals surface area contributed by atoms with Gasteiger partial charge in [-0.1, -0.05) is 24.1 Å². The van der Waals surface area contributed by atoms with Crippen LogP contribution in [0.1, 0.15) is 11.3 Å². The molecular formula is C26H19N5O2S. The van der Waals surface area contributed by atoms with E-state index in [2.05, 4.69) is 32.5 Å². The van der Waals surface area contributed by atoms with E-state index < -0.39 is 5.91 Å². The SMILES string of the molecule is NC(=O)C#Cc1c[nH]c(=O)c2c1nc(NCCc1ccccn1)c1ccc(-c3ccsc3)cc12. The van der Waals surface area contributed by atoms with Crippen LogP contribution in [0.15, 0.2) is 70.4 Å². The van der Waals surface area contributed by atoms with Crippen LogP contribution in [0.3, 0.4) is 0 Å².